The molecule has 3 rings (SSSR count). The van der Waals surface area contributed by atoms with Gasteiger partial charge in [0.1, 0.15) is 0 Å². The minimum atomic E-state index is 0.464. The quantitative estimate of drug-likeness (QED) is 0.698. The first-order chi connectivity index (χ1) is 9.20. The van der Waals surface area contributed by atoms with Crippen molar-refractivity contribution in [3.63, 3.8) is 0 Å². The van der Waals surface area contributed by atoms with Crippen molar-refractivity contribution in [3.05, 3.63) is 71.3 Å². The SMILES string of the molecule is Cc1ccc(C(C)CC2(c3ccccc3)CC2)cc1. The van der Waals surface area contributed by atoms with Crippen molar-refractivity contribution < 1.29 is 0 Å². The summed E-state index contributed by atoms with van der Waals surface area (Å²) in [5, 5.41) is 0. The summed E-state index contributed by atoms with van der Waals surface area (Å²) >= 11 is 0. The predicted molar refractivity (Wildman–Crippen MR) is 81.6 cm³/mol. The summed E-state index contributed by atoms with van der Waals surface area (Å²) in [5.74, 6) is 0.642. The Kier molecular flexibility index (Phi) is 3.18. The van der Waals surface area contributed by atoms with Crippen LogP contribution in [0.5, 0.6) is 0 Å². The zero-order chi connectivity index (χ0) is 13.3. The van der Waals surface area contributed by atoms with Crippen molar-refractivity contribution in [2.45, 2.75) is 44.4 Å². The largest absolute Gasteiger partial charge is 0.0622 e. The molecule has 0 aliphatic heterocycles. The van der Waals surface area contributed by atoms with Crippen LogP contribution in [0.2, 0.25) is 0 Å². The smallest absolute Gasteiger partial charge is 0.00406 e. The molecule has 19 heavy (non-hydrogen) atoms. The average Bonchev–Trinajstić information content (AvgIpc) is 3.21. The van der Waals surface area contributed by atoms with Crippen LogP contribution in [-0.4, -0.2) is 0 Å². The molecule has 0 aromatic heterocycles. The highest BCUT2D eigenvalue weighted by Gasteiger charge is 2.44. The third-order valence-corrected chi connectivity index (χ3v) is 4.58. The third-order valence-electron chi connectivity index (χ3n) is 4.58. The van der Waals surface area contributed by atoms with Gasteiger partial charge in [-0.15, -0.1) is 0 Å². The van der Waals surface area contributed by atoms with E-state index in [2.05, 4.69) is 68.4 Å². The molecule has 0 radical (unpaired) electrons. The van der Waals surface area contributed by atoms with Crippen molar-refractivity contribution >= 4 is 0 Å². The van der Waals surface area contributed by atoms with Gasteiger partial charge in [0, 0.05) is 0 Å². The molecule has 1 saturated carbocycles. The van der Waals surface area contributed by atoms with Gasteiger partial charge in [-0.1, -0.05) is 67.1 Å². The van der Waals surface area contributed by atoms with Crippen LogP contribution >= 0.6 is 0 Å². The average molecular weight is 250 g/mol. The highest BCUT2D eigenvalue weighted by Crippen LogP contribution is 2.53. The summed E-state index contributed by atoms with van der Waals surface area (Å²) in [6.45, 7) is 4.52. The lowest BCUT2D eigenvalue weighted by molar-refractivity contribution is 0.547. The Bertz CT molecular complexity index is 532. The van der Waals surface area contributed by atoms with E-state index in [1.165, 1.54) is 36.0 Å². The Morgan fingerprint density at radius 2 is 1.58 bits per heavy atom. The second-order valence-electron chi connectivity index (χ2n) is 6.16. The molecule has 0 spiro atoms. The zero-order valence-corrected chi connectivity index (χ0v) is 11.9. The minimum absolute atomic E-state index is 0.464. The number of benzene rings is 2. The maximum absolute atomic E-state index is 2.37. The van der Waals surface area contributed by atoms with Crippen molar-refractivity contribution in [3.8, 4) is 0 Å². The topological polar surface area (TPSA) is 0 Å². The van der Waals surface area contributed by atoms with E-state index in [9.17, 15) is 0 Å². The molecule has 0 amide bonds. The van der Waals surface area contributed by atoms with Crippen molar-refractivity contribution in [2.24, 2.45) is 0 Å². The van der Waals surface area contributed by atoms with Gasteiger partial charge in [-0.2, -0.15) is 0 Å². The molecular weight excluding hydrogens is 228 g/mol. The monoisotopic (exact) mass is 250 g/mol. The van der Waals surface area contributed by atoms with E-state index in [1.54, 1.807) is 0 Å². The highest BCUT2D eigenvalue weighted by atomic mass is 14.5. The van der Waals surface area contributed by atoms with Gasteiger partial charge in [-0.3, -0.25) is 0 Å². The van der Waals surface area contributed by atoms with E-state index in [1.807, 2.05) is 0 Å². The second-order valence-corrected chi connectivity index (χ2v) is 6.16. The van der Waals surface area contributed by atoms with Crippen molar-refractivity contribution in [1.82, 2.24) is 0 Å². The first kappa shape index (κ1) is 12.5. The van der Waals surface area contributed by atoms with Gasteiger partial charge < -0.3 is 0 Å². The molecular formula is C19H22. The van der Waals surface area contributed by atoms with Crippen molar-refractivity contribution in [2.75, 3.05) is 0 Å². The van der Waals surface area contributed by atoms with Crippen LogP contribution < -0.4 is 0 Å². The Hall–Kier alpha value is -1.56. The maximum atomic E-state index is 2.37. The number of hydrogen-bond donors (Lipinski definition) is 0. The van der Waals surface area contributed by atoms with E-state index in [0.29, 0.717) is 11.3 Å². The zero-order valence-electron chi connectivity index (χ0n) is 11.9. The molecule has 2 aromatic carbocycles. The van der Waals surface area contributed by atoms with Crippen LogP contribution in [0.15, 0.2) is 54.6 Å². The van der Waals surface area contributed by atoms with Gasteiger partial charge in [0.2, 0.25) is 0 Å². The fourth-order valence-electron chi connectivity index (χ4n) is 3.15. The Morgan fingerprint density at radius 1 is 0.947 bits per heavy atom. The summed E-state index contributed by atoms with van der Waals surface area (Å²) < 4.78 is 0. The molecule has 1 fully saturated rings. The van der Waals surface area contributed by atoms with E-state index in [0.717, 1.165) is 0 Å². The first-order valence-corrected chi connectivity index (χ1v) is 7.32. The fourth-order valence-corrected chi connectivity index (χ4v) is 3.15. The minimum Gasteiger partial charge on any atom is -0.0622 e. The Balaban J connectivity index is 1.76. The summed E-state index contributed by atoms with van der Waals surface area (Å²) in [6, 6.07) is 20.1. The lowest BCUT2D eigenvalue weighted by Crippen LogP contribution is -2.10. The lowest BCUT2D eigenvalue weighted by atomic mass is 9.83. The van der Waals surface area contributed by atoms with Crippen LogP contribution in [0.1, 0.15) is 48.8 Å². The van der Waals surface area contributed by atoms with Crippen LogP contribution in [0, 0.1) is 6.92 Å². The Morgan fingerprint density at radius 3 is 2.16 bits per heavy atom. The van der Waals surface area contributed by atoms with E-state index >= 15 is 0 Å². The molecule has 0 heteroatoms. The Labute approximate surface area is 116 Å². The van der Waals surface area contributed by atoms with E-state index in [4.69, 9.17) is 0 Å². The van der Waals surface area contributed by atoms with Crippen LogP contribution in [0.3, 0.4) is 0 Å². The summed E-state index contributed by atoms with van der Waals surface area (Å²) in [5.41, 5.74) is 4.83. The molecule has 1 atom stereocenters. The van der Waals surface area contributed by atoms with E-state index in [-0.39, 0.29) is 0 Å². The van der Waals surface area contributed by atoms with Crippen LogP contribution in [0.4, 0.5) is 0 Å². The molecule has 0 heterocycles. The van der Waals surface area contributed by atoms with Crippen molar-refractivity contribution in [1.29, 1.82) is 0 Å². The van der Waals surface area contributed by atoms with E-state index < -0.39 is 0 Å². The molecule has 2 aromatic rings. The maximum Gasteiger partial charge on any atom is -0.00406 e. The lowest BCUT2D eigenvalue weighted by Gasteiger charge is -2.21. The molecule has 1 unspecified atom stereocenters. The standard InChI is InChI=1S/C19H22/c1-15-8-10-17(11-9-15)16(2)14-19(12-13-19)18-6-4-3-5-7-18/h3-11,16H,12-14H2,1-2H3. The molecule has 0 saturated heterocycles. The number of hydrogen-bond acceptors (Lipinski definition) is 0. The highest BCUT2D eigenvalue weighted by molar-refractivity contribution is 5.33. The molecule has 1 aliphatic rings. The number of aryl methyl sites for hydroxylation is 1. The third kappa shape index (κ3) is 2.58. The summed E-state index contributed by atoms with van der Waals surface area (Å²) in [4.78, 5) is 0. The normalized spacial score (nSPS) is 18.0. The first-order valence-electron chi connectivity index (χ1n) is 7.32. The van der Waals surface area contributed by atoms with Gasteiger partial charge >= 0.3 is 0 Å². The summed E-state index contributed by atoms with van der Waals surface area (Å²) in [6.07, 6.45) is 3.99. The number of rotatable bonds is 4. The molecule has 1 aliphatic carbocycles. The second kappa shape index (κ2) is 4.85. The van der Waals surface area contributed by atoms with Crippen LogP contribution in [-0.2, 0) is 5.41 Å². The molecule has 0 nitrogen and oxygen atoms in total. The molecule has 0 bridgehead atoms. The fraction of sp³-hybridized carbons (Fsp3) is 0.368. The van der Waals surface area contributed by atoms with Gasteiger partial charge in [-0.25, -0.2) is 0 Å². The predicted octanol–water partition coefficient (Wildman–Crippen LogP) is 5.22. The van der Waals surface area contributed by atoms with Crippen LogP contribution in [0.25, 0.3) is 0 Å². The molecule has 0 N–H and O–H groups in total. The summed E-state index contributed by atoms with van der Waals surface area (Å²) in [7, 11) is 0. The van der Waals surface area contributed by atoms with Gasteiger partial charge in [0.15, 0.2) is 0 Å². The van der Waals surface area contributed by atoms with Gasteiger partial charge in [0.25, 0.3) is 0 Å². The molecule has 98 valence electrons. The van der Waals surface area contributed by atoms with Gasteiger partial charge in [0.05, 0.1) is 0 Å². The van der Waals surface area contributed by atoms with Gasteiger partial charge in [-0.05, 0) is 48.6 Å².